The molecule has 0 saturated carbocycles. The van der Waals surface area contributed by atoms with E-state index in [9.17, 15) is 13.2 Å². The fraction of sp³-hybridized carbons (Fsp3) is 0.0909. The molecule has 2 aromatic rings. The van der Waals surface area contributed by atoms with Crippen molar-refractivity contribution in [1.29, 1.82) is 0 Å². The van der Waals surface area contributed by atoms with Gasteiger partial charge in [0.2, 0.25) is 10.0 Å². The minimum Gasteiger partial charge on any atom is -0.478 e. The third kappa shape index (κ3) is 3.55. The molecule has 7 nitrogen and oxygen atoms in total. The molecule has 100 valence electrons. The molecular weight excluding hydrogens is 270 g/mol. The van der Waals surface area contributed by atoms with Gasteiger partial charge in [-0.05, 0) is 17.7 Å². The number of nitrogens with zero attached hydrogens (tertiary/aromatic N) is 1. The van der Waals surface area contributed by atoms with Crippen LogP contribution in [0.2, 0.25) is 0 Å². The Morgan fingerprint density at radius 3 is 2.47 bits per heavy atom. The van der Waals surface area contributed by atoms with Gasteiger partial charge in [0.15, 0.2) is 0 Å². The van der Waals surface area contributed by atoms with E-state index >= 15 is 0 Å². The second-order valence-electron chi connectivity index (χ2n) is 3.83. The van der Waals surface area contributed by atoms with Gasteiger partial charge in [-0.25, -0.2) is 13.2 Å². The number of aromatic nitrogens is 2. The highest BCUT2D eigenvalue weighted by molar-refractivity contribution is 7.91. The van der Waals surface area contributed by atoms with Gasteiger partial charge >= 0.3 is 5.97 Å². The number of aromatic amines is 1. The lowest BCUT2D eigenvalue weighted by molar-refractivity contribution is 0.0697. The molecule has 0 unspecified atom stereocenters. The Balaban J connectivity index is 2.09. The predicted octanol–water partition coefficient (Wildman–Crippen LogP) is 1.05. The molecule has 0 radical (unpaired) electrons. The highest BCUT2D eigenvalue weighted by Crippen LogP contribution is 2.11. The molecule has 0 amide bonds. The lowest BCUT2D eigenvalue weighted by atomic mass is 10.1. The number of hydrogen-bond acceptors (Lipinski definition) is 4. The number of carboxylic acid groups (broad SMARTS) is 1. The minimum absolute atomic E-state index is 0.114. The van der Waals surface area contributed by atoms with Crippen LogP contribution in [0.15, 0.2) is 36.5 Å². The van der Waals surface area contributed by atoms with Crippen LogP contribution in [0.4, 0.5) is 5.82 Å². The molecule has 8 heteroatoms. The number of anilines is 1. The van der Waals surface area contributed by atoms with Crippen LogP contribution in [-0.2, 0) is 15.8 Å². The molecule has 0 fully saturated rings. The van der Waals surface area contributed by atoms with Gasteiger partial charge in [0.1, 0.15) is 5.82 Å². The summed E-state index contributed by atoms with van der Waals surface area (Å²) in [6, 6.07) is 7.16. The van der Waals surface area contributed by atoms with Gasteiger partial charge in [-0.2, -0.15) is 5.10 Å². The van der Waals surface area contributed by atoms with Crippen molar-refractivity contribution in [3.05, 3.63) is 47.7 Å². The number of hydrogen-bond donors (Lipinski definition) is 3. The molecule has 1 aromatic heterocycles. The van der Waals surface area contributed by atoms with Crippen LogP contribution in [0.3, 0.4) is 0 Å². The smallest absolute Gasteiger partial charge is 0.335 e. The van der Waals surface area contributed by atoms with Crippen LogP contribution in [-0.4, -0.2) is 29.7 Å². The summed E-state index contributed by atoms with van der Waals surface area (Å²) in [5, 5.41) is 14.9. The number of rotatable bonds is 5. The van der Waals surface area contributed by atoms with Gasteiger partial charge < -0.3 is 5.11 Å². The molecule has 0 aliphatic heterocycles. The average molecular weight is 281 g/mol. The van der Waals surface area contributed by atoms with E-state index in [4.69, 9.17) is 5.11 Å². The molecule has 0 spiro atoms. The number of aromatic carboxylic acids is 1. The first kappa shape index (κ1) is 13.1. The summed E-state index contributed by atoms with van der Waals surface area (Å²) in [7, 11) is -3.56. The van der Waals surface area contributed by atoms with E-state index in [1.807, 2.05) is 0 Å². The standard InChI is InChI=1S/C11H11N3O4S/c15-11(16)9-3-1-8(2-4-9)7-19(17,18)14-10-5-6-12-13-10/h1-6H,7H2,(H,15,16)(H2,12,13,14). The molecule has 3 N–H and O–H groups in total. The largest absolute Gasteiger partial charge is 0.478 e. The molecule has 0 aliphatic carbocycles. The summed E-state index contributed by atoms with van der Waals surface area (Å²) >= 11 is 0. The highest BCUT2D eigenvalue weighted by Gasteiger charge is 2.13. The SMILES string of the molecule is O=C(O)c1ccc(CS(=O)(=O)Nc2ccn[nH]2)cc1. The third-order valence-electron chi connectivity index (χ3n) is 2.32. The number of H-pyrrole nitrogens is 1. The van der Waals surface area contributed by atoms with Crippen LogP contribution in [0.1, 0.15) is 15.9 Å². The summed E-state index contributed by atoms with van der Waals surface area (Å²) in [6.07, 6.45) is 1.43. The number of carboxylic acids is 1. The number of sulfonamides is 1. The molecule has 1 heterocycles. The first-order chi connectivity index (χ1) is 8.96. The molecule has 0 saturated heterocycles. The quantitative estimate of drug-likeness (QED) is 0.758. The summed E-state index contributed by atoms with van der Waals surface area (Å²) in [5.41, 5.74) is 0.611. The highest BCUT2D eigenvalue weighted by atomic mass is 32.2. The lowest BCUT2D eigenvalue weighted by Crippen LogP contribution is -2.15. The molecule has 0 atom stereocenters. The normalized spacial score (nSPS) is 11.2. The molecular formula is C11H11N3O4S. The van der Waals surface area contributed by atoms with Gasteiger partial charge in [0, 0.05) is 6.07 Å². The van der Waals surface area contributed by atoms with E-state index in [0.717, 1.165) is 0 Å². The Morgan fingerprint density at radius 1 is 1.26 bits per heavy atom. The monoisotopic (exact) mass is 281 g/mol. The maximum absolute atomic E-state index is 11.8. The van der Waals surface area contributed by atoms with Crippen molar-refractivity contribution in [3.63, 3.8) is 0 Å². The van der Waals surface area contributed by atoms with Gasteiger partial charge in [-0.15, -0.1) is 0 Å². The van der Waals surface area contributed by atoms with Gasteiger partial charge in [0.05, 0.1) is 17.5 Å². The first-order valence-electron chi connectivity index (χ1n) is 5.28. The van der Waals surface area contributed by atoms with E-state index in [2.05, 4.69) is 14.9 Å². The molecule has 2 rings (SSSR count). The fourth-order valence-electron chi connectivity index (χ4n) is 1.48. The van der Waals surface area contributed by atoms with Crippen LogP contribution in [0.25, 0.3) is 0 Å². The minimum atomic E-state index is -3.56. The van der Waals surface area contributed by atoms with Crippen molar-refractivity contribution >= 4 is 21.8 Å². The van der Waals surface area contributed by atoms with Crippen molar-refractivity contribution in [2.24, 2.45) is 0 Å². The van der Waals surface area contributed by atoms with Crippen molar-refractivity contribution < 1.29 is 18.3 Å². The van der Waals surface area contributed by atoms with Crippen LogP contribution in [0, 0.1) is 0 Å². The fourth-order valence-corrected chi connectivity index (χ4v) is 2.63. The summed E-state index contributed by atoms with van der Waals surface area (Å²) in [4.78, 5) is 10.7. The lowest BCUT2D eigenvalue weighted by Gasteiger charge is -2.06. The number of benzene rings is 1. The summed E-state index contributed by atoms with van der Waals surface area (Å²) in [6.45, 7) is 0. The van der Waals surface area contributed by atoms with Gasteiger partial charge in [0.25, 0.3) is 0 Å². The van der Waals surface area contributed by atoms with E-state index < -0.39 is 16.0 Å². The zero-order valence-corrected chi connectivity index (χ0v) is 10.5. The summed E-state index contributed by atoms with van der Waals surface area (Å²) in [5.74, 6) is -1.02. The molecule has 1 aromatic carbocycles. The summed E-state index contributed by atoms with van der Waals surface area (Å²) < 4.78 is 25.9. The first-order valence-corrected chi connectivity index (χ1v) is 6.93. The zero-order chi connectivity index (χ0) is 13.9. The van der Waals surface area contributed by atoms with Crippen LogP contribution >= 0.6 is 0 Å². The Morgan fingerprint density at radius 2 is 1.95 bits per heavy atom. The van der Waals surface area contributed by atoms with Crippen molar-refractivity contribution in [2.75, 3.05) is 4.72 Å². The Hall–Kier alpha value is -2.35. The Bertz CT molecular complexity index is 662. The molecule has 0 bridgehead atoms. The van der Waals surface area contributed by atoms with E-state index in [1.54, 1.807) is 0 Å². The van der Waals surface area contributed by atoms with Crippen LogP contribution in [0.5, 0.6) is 0 Å². The van der Waals surface area contributed by atoms with Crippen molar-refractivity contribution in [3.8, 4) is 0 Å². The van der Waals surface area contributed by atoms with Gasteiger partial charge in [-0.1, -0.05) is 12.1 Å². The Labute approximate surface area is 109 Å². The van der Waals surface area contributed by atoms with Crippen molar-refractivity contribution in [2.45, 2.75) is 5.75 Å². The number of nitrogens with one attached hydrogen (secondary N) is 2. The predicted molar refractivity (Wildman–Crippen MR) is 68.2 cm³/mol. The maximum atomic E-state index is 11.8. The Kier molecular flexibility index (Phi) is 3.52. The van der Waals surface area contributed by atoms with E-state index in [-0.39, 0.29) is 17.1 Å². The van der Waals surface area contributed by atoms with E-state index in [1.165, 1.54) is 36.5 Å². The molecule has 0 aliphatic rings. The van der Waals surface area contributed by atoms with Crippen molar-refractivity contribution in [1.82, 2.24) is 10.2 Å². The second-order valence-corrected chi connectivity index (χ2v) is 5.56. The topological polar surface area (TPSA) is 112 Å². The second kappa shape index (κ2) is 5.11. The average Bonchev–Trinajstić information content (AvgIpc) is 2.81. The molecule has 19 heavy (non-hydrogen) atoms. The van der Waals surface area contributed by atoms with E-state index in [0.29, 0.717) is 5.56 Å². The van der Waals surface area contributed by atoms with Crippen LogP contribution < -0.4 is 4.72 Å². The maximum Gasteiger partial charge on any atom is 0.335 e. The van der Waals surface area contributed by atoms with Gasteiger partial charge in [-0.3, -0.25) is 9.82 Å². The number of carbonyl (C=O) groups is 1. The third-order valence-corrected chi connectivity index (χ3v) is 3.57. The zero-order valence-electron chi connectivity index (χ0n) is 9.70.